The summed E-state index contributed by atoms with van der Waals surface area (Å²) in [5.74, 6) is 1.38. The first kappa shape index (κ1) is 19.0. The van der Waals surface area contributed by atoms with E-state index in [1.165, 1.54) is 4.80 Å². The first-order valence-corrected chi connectivity index (χ1v) is 10.0. The van der Waals surface area contributed by atoms with E-state index in [0.717, 1.165) is 33.7 Å². The number of carbonyl (C=O) groups excluding carboxylic acids is 1. The van der Waals surface area contributed by atoms with E-state index in [-0.39, 0.29) is 11.9 Å². The van der Waals surface area contributed by atoms with Crippen molar-refractivity contribution >= 4 is 16.9 Å². The molecule has 1 N–H and O–H groups in total. The molecule has 0 aliphatic carbocycles. The van der Waals surface area contributed by atoms with Crippen molar-refractivity contribution in [1.82, 2.24) is 29.9 Å². The van der Waals surface area contributed by atoms with Gasteiger partial charge in [0.15, 0.2) is 0 Å². The zero-order chi connectivity index (χ0) is 21.5. The number of ether oxygens (including phenoxy) is 1. The second-order valence-corrected chi connectivity index (χ2v) is 7.75. The molecule has 1 fully saturated rings. The summed E-state index contributed by atoms with van der Waals surface area (Å²) in [6, 6.07) is 11.2. The molecule has 0 spiro atoms. The number of benzene rings is 2. The monoisotopic (exact) mass is 414 g/mol. The van der Waals surface area contributed by atoms with Crippen LogP contribution in [0.4, 0.5) is 0 Å². The molecule has 1 aliphatic heterocycles. The molecule has 3 heterocycles. The van der Waals surface area contributed by atoms with Crippen molar-refractivity contribution in [3.05, 3.63) is 77.9 Å². The maximum absolute atomic E-state index is 13.7. The molecule has 1 amide bonds. The summed E-state index contributed by atoms with van der Waals surface area (Å²) in [5, 5.41) is 8.42. The van der Waals surface area contributed by atoms with Crippen LogP contribution >= 0.6 is 0 Å². The van der Waals surface area contributed by atoms with Gasteiger partial charge < -0.3 is 14.6 Å². The molecule has 1 saturated heterocycles. The van der Waals surface area contributed by atoms with Gasteiger partial charge in [-0.1, -0.05) is 23.8 Å². The Hall–Kier alpha value is -3.94. The average Bonchev–Trinajstić information content (AvgIpc) is 3.51. The molecule has 8 heteroatoms. The molecule has 1 atom stereocenters. The second-order valence-electron chi connectivity index (χ2n) is 7.75. The lowest BCUT2D eigenvalue weighted by molar-refractivity contribution is 0.0732. The van der Waals surface area contributed by atoms with E-state index in [1.807, 2.05) is 48.2 Å². The number of carbonyl (C=O) groups is 1. The van der Waals surface area contributed by atoms with Crippen LogP contribution < -0.4 is 4.74 Å². The Bertz CT molecular complexity index is 1290. The third-order valence-electron chi connectivity index (χ3n) is 5.55. The van der Waals surface area contributed by atoms with Gasteiger partial charge in [-0.05, 0) is 37.6 Å². The standard InChI is InChI=1S/C23H22N6O2/c1-14-4-7-20(29-24-8-9-25-29)17(10-14)23(30)28-13-15(2)11-21(28)22-26-18-6-5-16(31-3)12-19(18)27-22/h4-10,12,21H,2,11,13H2,1,3H3,(H,26,27). The lowest BCUT2D eigenvalue weighted by atomic mass is 10.1. The molecule has 1 unspecified atom stereocenters. The first-order valence-electron chi connectivity index (χ1n) is 10.0. The van der Waals surface area contributed by atoms with E-state index in [1.54, 1.807) is 19.5 Å². The summed E-state index contributed by atoms with van der Waals surface area (Å²) in [6.07, 6.45) is 3.85. The van der Waals surface area contributed by atoms with Crippen molar-refractivity contribution in [3.63, 3.8) is 0 Å². The van der Waals surface area contributed by atoms with Crippen LogP contribution in [-0.4, -0.2) is 49.4 Å². The van der Waals surface area contributed by atoms with Gasteiger partial charge in [-0.15, -0.1) is 0 Å². The molecule has 2 aromatic heterocycles. The number of rotatable bonds is 4. The highest BCUT2D eigenvalue weighted by atomic mass is 16.5. The Kier molecular flexibility index (Phi) is 4.54. The molecule has 156 valence electrons. The van der Waals surface area contributed by atoms with Crippen LogP contribution in [-0.2, 0) is 0 Å². The number of likely N-dealkylation sites (tertiary alicyclic amines) is 1. The van der Waals surface area contributed by atoms with Gasteiger partial charge in [0.05, 0.1) is 47.8 Å². The van der Waals surface area contributed by atoms with E-state index >= 15 is 0 Å². The van der Waals surface area contributed by atoms with E-state index in [2.05, 4.69) is 21.8 Å². The fraction of sp³-hybridized carbons (Fsp3) is 0.217. The molecule has 8 nitrogen and oxygen atoms in total. The molecule has 5 rings (SSSR count). The zero-order valence-corrected chi connectivity index (χ0v) is 17.4. The number of H-pyrrole nitrogens is 1. The topological polar surface area (TPSA) is 88.9 Å². The zero-order valence-electron chi connectivity index (χ0n) is 17.4. The van der Waals surface area contributed by atoms with Crippen molar-refractivity contribution in [2.24, 2.45) is 0 Å². The lowest BCUT2D eigenvalue weighted by Crippen LogP contribution is -2.32. The molecule has 0 saturated carbocycles. The van der Waals surface area contributed by atoms with Crippen LogP contribution in [0.1, 0.15) is 34.2 Å². The molecular weight excluding hydrogens is 392 g/mol. The number of fused-ring (bicyclic) bond motifs is 1. The minimum Gasteiger partial charge on any atom is -0.497 e. The van der Waals surface area contributed by atoms with Crippen molar-refractivity contribution in [2.45, 2.75) is 19.4 Å². The molecular formula is C23H22N6O2. The molecule has 0 bridgehead atoms. The number of amides is 1. The Labute approximate surface area is 179 Å². The van der Waals surface area contributed by atoms with Crippen LogP contribution in [0, 0.1) is 6.92 Å². The smallest absolute Gasteiger partial charge is 0.257 e. The molecule has 4 aromatic rings. The van der Waals surface area contributed by atoms with Gasteiger partial charge in [0.2, 0.25) is 0 Å². The van der Waals surface area contributed by atoms with Crippen molar-refractivity contribution in [3.8, 4) is 11.4 Å². The van der Waals surface area contributed by atoms with Gasteiger partial charge in [0.1, 0.15) is 11.6 Å². The fourth-order valence-corrected chi connectivity index (χ4v) is 4.04. The summed E-state index contributed by atoms with van der Waals surface area (Å²) >= 11 is 0. The number of nitrogens with one attached hydrogen (secondary N) is 1. The highest BCUT2D eigenvalue weighted by molar-refractivity contribution is 5.98. The lowest BCUT2D eigenvalue weighted by Gasteiger charge is -2.24. The van der Waals surface area contributed by atoms with Gasteiger partial charge >= 0.3 is 0 Å². The van der Waals surface area contributed by atoms with Gasteiger partial charge in [0.25, 0.3) is 5.91 Å². The Morgan fingerprint density at radius 3 is 2.77 bits per heavy atom. The SMILES string of the molecule is C=C1CC(c2nc3cc(OC)ccc3[nH]2)N(C(=O)c2cc(C)ccc2-n2nccn2)C1. The minimum atomic E-state index is -0.225. The maximum atomic E-state index is 13.7. The number of hydrogen-bond donors (Lipinski definition) is 1. The highest BCUT2D eigenvalue weighted by Crippen LogP contribution is 2.36. The maximum Gasteiger partial charge on any atom is 0.257 e. The van der Waals surface area contributed by atoms with Crippen LogP contribution in [0.3, 0.4) is 0 Å². The Morgan fingerprint density at radius 2 is 2.00 bits per heavy atom. The molecule has 2 aromatic carbocycles. The van der Waals surface area contributed by atoms with E-state index < -0.39 is 0 Å². The number of imidazole rings is 1. The number of aromatic amines is 1. The summed E-state index contributed by atoms with van der Waals surface area (Å²) in [6.45, 7) is 6.58. The first-order chi connectivity index (χ1) is 15.0. The molecule has 1 aliphatic rings. The largest absolute Gasteiger partial charge is 0.497 e. The van der Waals surface area contributed by atoms with Crippen LogP contribution in [0.15, 0.2) is 60.9 Å². The Morgan fingerprint density at radius 1 is 1.19 bits per heavy atom. The number of methoxy groups -OCH3 is 1. The third kappa shape index (κ3) is 3.35. The summed E-state index contributed by atoms with van der Waals surface area (Å²) < 4.78 is 5.30. The van der Waals surface area contributed by atoms with Crippen molar-refractivity contribution < 1.29 is 9.53 Å². The quantitative estimate of drug-likeness (QED) is 0.516. The number of aryl methyl sites for hydroxylation is 1. The van der Waals surface area contributed by atoms with Gasteiger partial charge in [-0.3, -0.25) is 4.79 Å². The Balaban J connectivity index is 1.55. The summed E-state index contributed by atoms with van der Waals surface area (Å²) in [7, 11) is 1.63. The number of nitrogens with zero attached hydrogens (tertiary/aromatic N) is 5. The van der Waals surface area contributed by atoms with Gasteiger partial charge in [-0.2, -0.15) is 15.0 Å². The summed E-state index contributed by atoms with van der Waals surface area (Å²) in [4.78, 5) is 25.1. The van der Waals surface area contributed by atoms with Crippen LogP contribution in [0.5, 0.6) is 5.75 Å². The van der Waals surface area contributed by atoms with Gasteiger partial charge in [-0.25, -0.2) is 4.98 Å². The summed E-state index contributed by atoms with van der Waals surface area (Å²) in [5.41, 5.74) is 4.88. The highest BCUT2D eigenvalue weighted by Gasteiger charge is 2.35. The van der Waals surface area contributed by atoms with E-state index in [0.29, 0.717) is 24.2 Å². The molecule has 31 heavy (non-hydrogen) atoms. The van der Waals surface area contributed by atoms with Crippen molar-refractivity contribution in [1.29, 1.82) is 0 Å². The van der Waals surface area contributed by atoms with Crippen molar-refractivity contribution in [2.75, 3.05) is 13.7 Å². The third-order valence-corrected chi connectivity index (χ3v) is 5.55. The predicted octanol–water partition coefficient (Wildman–Crippen LogP) is 3.60. The average molecular weight is 414 g/mol. The van der Waals surface area contributed by atoms with Crippen LogP contribution in [0.25, 0.3) is 16.7 Å². The van der Waals surface area contributed by atoms with Gasteiger partial charge in [0, 0.05) is 12.6 Å². The van der Waals surface area contributed by atoms with E-state index in [4.69, 9.17) is 9.72 Å². The number of hydrogen-bond acceptors (Lipinski definition) is 5. The molecule has 0 radical (unpaired) electrons. The second kappa shape index (κ2) is 7.39. The minimum absolute atomic E-state index is 0.0994. The van der Waals surface area contributed by atoms with Crippen LogP contribution in [0.2, 0.25) is 0 Å². The number of aromatic nitrogens is 5. The normalized spacial score (nSPS) is 16.3. The fourth-order valence-electron chi connectivity index (χ4n) is 4.04. The predicted molar refractivity (Wildman–Crippen MR) is 116 cm³/mol. The van der Waals surface area contributed by atoms with E-state index in [9.17, 15) is 4.79 Å².